The van der Waals surface area contributed by atoms with Gasteiger partial charge in [-0.3, -0.25) is 0 Å². The summed E-state index contributed by atoms with van der Waals surface area (Å²) >= 11 is 0. The minimum absolute atomic E-state index is 0.272. The second-order valence-corrected chi connectivity index (χ2v) is 7.55. The Balaban J connectivity index is 1.73. The highest BCUT2D eigenvalue weighted by Crippen LogP contribution is 2.33. The first kappa shape index (κ1) is 17.6. The molecular weight excluding hydrogens is 338 g/mol. The predicted molar refractivity (Wildman–Crippen MR) is 106 cm³/mol. The van der Waals surface area contributed by atoms with Crippen molar-refractivity contribution in [3.8, 4) is 17.2 Å². The molecule has 0 spiro atoms. The SMILES string of the molecule is CC1(C)OCC(Cn2cc(-c3cccc(C#N)c3)c3ccc(N)cc32)CO1. The van der Waals surface area contributed by atoms with Gasteiger partial charge in [0.1, 0.15) is 0 Å². The number of rotatable bonds is 3. The Morgan fingerprint density at radius 3 is 2.70 bits per heavy atom. The molecule has 4 rings (SSSR count). The maximum Gasteiger partial charge on any atom is 0.162 e. The van der Waals surface area contributed by atoms with E-state index >= 15 is 0 Å². The van der Waals surface area contributed by atoms with Crippen LogP contribution in [-0.4, -0.2) is 23.6 Å². The van der Waals surface area contributed by atoms with E-state index in [1.54, 1.807) is 0 Å². The van der Waals surface area contributed by atoms with E-state index in [0.717, 1.165) is 34.3 Å². The van der Waals surface area contributed by atoms with E-state index in [1.165, 1.54) is 0 Å². The standard InChI is InChI=1S/C22H23N3O2/c1-22(2)26-13-16(14-27-22)11-25-12-20(17-5-3-4-15(8-17)10-23)19-7-6-18(24)9-21(19)25/h3-9,12,16H,11,13-14,24H2,1-2H3. The summed E-state index contributed by atoms with van der Waals surface area (Å²) in [6.07, 6.45) is 2.14. The molecule has 27 heavy (non-hydrogen) atoms. The van der Waals surface area contributed by atoms with E-state index in [2.05, 4.69) is 16.8 Å². The van der Waals surface area contributed by atoms with Crippen molar-refractivity contribution in [1.29, 1.82) is 5.26 Å². The molecule has 5 nitrogen and oxygen atoms in total. The molecule has 1 aromatic heterocycles. The van der Waals surface area contributed by atoms with Crippen molar-refractivity contribution in [2.45, 2.75) is 26.2 Å². The molecule has 138 valence electrons. The van der Waals surface area contributed by atoms with E-state index < -0.39 is 5.79 Å². The first-order valence-corrected chi connectivity index (χ1v) is 9.12. The number of nitrogen functional groups attached to an aromatic ring is 1. The number of aromatic nitrogens is 1. The molecule has 2 heterocycles. The molecule has 0 aliphatic carbocycles. The molecule has 1 aliphatic heterocycles. The molecule has 1 fully saturated rings. The van der Waals surface area contributed by atoms with Gasteiger partial charge in [0.15, 0.2) is 5.79 Å². The van der Waals surface area contributed by atoms with Gasteiger partial charge in [-0.2, -0.15) is 5.26 Å². The average molecular weight is 361 g/mol. The van der Waals surface area contributed by atoms with E-state index in [1.807, 2.05) is 56.3 Å². The minimum atomic E-state index is -0.511. The summed E-state index contributed by atoms with van der Waals surface area (Å²) in [6, 6.07) is 15.9. The van der Waals surface area contributed by atoms with E-state index in [-0.39, 0.29) is 5.92 Å². The molecule has 0 saturated carbocycles. The van der Waals surface area contributed by atoms with Gasteiger partial charge in [-0.15, -0.1) is 0 Å². The van der Waals surface area contributed by atoms with E-state index in [4.69, 9.17) is 15.2 Å². The van der Waals surface area contributed by atoms with Crippen LogP contribution in [-0.2, 0) is 16.0 Å². The third-order valence-corrected chi connectivity index (χ3v) is 5.00. The molecule has 0 radical (unpaired) electrons. The fourth-order valence-electron chi connectivity index (χ4n) is 3.56. The van der Waals surface area contributed by atoms with Crippen molar-refractivity contribution in [3.05, 3.63) is 54.2 Å². The molecule has 0 amide bonds. The summed E-state index contributed by atoms with van der Waals surface area (Å²) < 4.78 is 13.8. The lowest BCUT2D eigenvalue weighted by Crippen LogP contribution is -2.40. The van der Waals surface area contributed by atoms with Crippen LogP contribution in [0, 0.1) is 17.2 Å². The van der Waals surface area contributed by atoms with Crippen LogP contribution in [0.4, 0.5) is 5.69 Å². The topological polar surface area (TPSA) is 73.2 Å². The summed E-state index contributed by atoms with van der Waals surface area (Å²) in [5.41, 5.74) is 10.6. The van der Waals surface area contributed by atoms with Crippen LogP contribution in [0.25, 0.3) is 22.0 Å². The number of nitriles is 1. The second kappa shape index (κ2) is 6.73. The van der Waals surface area contributed by atoms with Crippen molar-refractivity contribution >= 4 is 16.6 Å². The number of hydrogen-bond acceptors (Lipinski definition) is 4. The van der Waals surface area contributed by atoms with Gasteiger partial charge in [0, 0.05) is 35.3 Å². The molecule has 5 heteroatoms. The minimum Gasteiger partial charge on any atom is -0.399 e. The molecule has 3 aromatic rings. The van der Waals surface area contributed by atoms with Crippen LogP contribution in [0.3, 0.4) is 0 Å². The summed E-state index contributed by atoms with van der Waals surface area (Å²) in [7, 11) is 0. The Bertz CT molecular complexity index is 1020. The molecule has 0 atom stereocenters. The Kier molecular flexibility index (Phi) is 4.39. The monoisotopic (exact) mass is 361 g/mol. The number of hydrogen-bond donors (Lipinski definition) is 1. The first-order valence-electron chi connectivity index (χ1n) is 9.12. The zero-order valence-electron chi connectivity index (χ0n) is 15.6. The van der Waals surface area contributed by atoms with Crippen LogP contribution < -0.4 is 5.73 Å². The second-order valence-electron chi connectivity index (χ2n) is 7.55. The lowest BCUT2D eigenvalue weighted by atomic mass is 10.0. The number of ether oxygens (including phenoxy) is 2. The van der Waals surface area contributed by atoms with Crippen LogP contribution in [0.2, 0.25) is 0 Å². The van der Waals surface area contributed by atoms with Crippen LogP contribution in [0.15, 0.2) is 48.7 Å². The highest BCUT2D eigenvalue weighted by atomic mass is 16.7. The third-order valence-electron chi connectivity index (χ3n) is 5.00. The van der Waals surface area contributed by atoms with Crippen molar-refractivity contribution in [1.82, 2.24) is 4.57 Å². The summed E-state index contributed by atoms with van der Waals surface area (Å²) in [5.74, 6) is -0.240. The van der Waals surface area contributed by atoms with Crippen molar-refractivity contribution in [2.75, 3.05) is 18.9 Å². The molecule has 2 N–H and O–H groups in total. The van der Waals surface area contributed by atoms with Gasteiger partial charge in [-0.25, -0.2) is 0 Å². The molecule has 2 aromatic carbocycles. The maximum absolute atomic E-state index is 9.22. The van der Waals surface area contributed by atoms with Gasteiger partial charge in [-0.1, -0.05) is 18.2 Å². The maximum atomic E-state index is 9.22. The van der Waals surface area contributed by atoms with Crippen LogP contribution >= 0.6 is 0 Å². The van der Waals surface area contributed by atoms with Crippen molar-refractivity contribution in [3.63, 3.8) is 0 Å². The average Bonchev–Trinajstić information content (AvgIpc) is 3.01. The predicted octanol–water partition coefficient (Wildman–Crippen LogP) is 4.16. The van der Waals surface area contributed by atoms with Gasteiger partial charge in [0.2, 0.25) is 0 Å². The summed E-state index contributed by atoms with van der Waals surface area (Å²) in [4.78, 5) is 0. The van der Waals surface area contributed by atoms with Gasteiger partial charge >= 0.3 is 0 Å². The smallest absolute Gasteiger partial charge is 0.162 e. The number of anilines is 1. The Hall–Kier alpha value is -2.81. The highest BCUT2D eigenvalue weighted by molar-refractivity contribution is 5.97. The van der Waals surface area contributed by atoms with Gasteiger partial charge in [0.25, 0.3) is 0 Å². The van der Waals surface area contributed by atoms with Gasteiger partial charge < -0.3 is 19.8 Å². The van der Waals surface area contributed by atoms with Gasteiger partial charge in [-0.05, 0) is 43.7 Å². The number of benzene rings is 2. The summed E-state index contributed by atoms with van der Waals surface area (Å²) in [6.45, 7) is 5.99. The lowest BCUT2D eigenvalue weighted by molar-refractivity contribution is -0.263. The fourth-order valence-corrected chi connectivity index (χ4v) is 3.56. The number of nitrogens with zero attached hydrogens (tertiary/aromatic N) is 2. The van der Waals surface area contributed by atoms with Crippen LogP contribution in [0.1, 0.15) is 19.4 Å². The van der Waals surface area contributed by atoms with Gasteiger partial charge in [0.05, 0.1) is 30.4 Å². The molecular formula is C22H23N3O2. The molecule has 1 saturated heterocycles. The normalized spacial score (nSPS) is 17.1. The van der Waals surface area contributed by atoms with E-state index in [9.17, 15) is 5.26 Å². The zero-order chi connectivity index (χ0) is 19.0. The third kappa shape index (κ3) is 3.55. The number of fused-ring (bicyclic) bond motifs is 1. The highest BCUT2D eigenvalue weighted by Gasteiger charge is 2.28. The van der Waals surface area contributed by atoms with Crippen molar-refractivity contribution in [2.24, 2.45) is 5.92 Å². The lowest BCUT2D eigenvalue weighted by Gasteiger charge is -2.35. The zero-order valence-corrected chi connectivity index (χ0v) is 15.6. The Morgan fingerprint density at radius 1 is 1.19 bits per heavy atom. The van der Waals surface area contributed by atoms with Crippen LogP contribution in [0.5, 0.6) is 0 Å². The van der Waals surface area contributed by atoms with E-state index in [0.29, 0.717) is 18.8 Å². The Morgan fingerprint density at radius 2 is 1.96 bits per heavy atom. The fraction of sp³-hybridized carbons (Fsp3) is 0.318. The number of nitrogens with two attached hydrogens (primary N) is 1. The first-order chi connectivity index (χ1) is 12.9. The molecule has 1 aliphatic rings. The summed E-state index contributed by atoms with van der Waals surface area (Å²) in [5, 5.41) is 10.3. The Labute approximate surface area is 158 Å². The molecule has 0 unspecified atom stereocenters. The quantitative estimate of drug-likeness (QED) is 0.711. The molecule has 0 bridgehead atoms. The van der Waals surface area contributed by atoms with Crippen molar-refractivity contribution < 1.29 is 9.47 Å². The largest absolute Gasteiger partial charge is 0.399 e.